The van der Waals surface area contributed by atoms with Crippen molar-refractivity contribution in [3.8, 4) is 0 Å². The third kappa shape index (κ3) is 5.82. The van der Waals surface area contributed by atoms with Gasteiger partial charge in [0.05, 0.1) is 23.4 Å². The molecule has 1 fully saturated rings. The predicted molar refractivity (Wildman–Crippen MR) is 148 cm³/mol. The van der Waals surface area contributed by atoms with Crippen molar-refractivity contribution in [1.29, 1.82) is 0 Å². The molecule has 1 amide bonds. The number of hydrogen-bond donors (Lipinski definition) is 0. The zero-order chi connectivity index (χ0) is 25.8. The molecule has 2 heterocycles. The number of hydrazone groups is 1. The molecule has 37 heavy (non-hydrogen) atoms. The highest BCUT2D eigenvalue weighted by Gasteiger charge is 2.43. The van der Waals surface area contributed by atoms with Gasteiger partial charge in [-0.3, -0.25) is 14.6 Å². The van der Waals surface area contributed by atoms with Crippen LogP contribution in [0.15, 0.2) is 90.0 Å². The Bertz CT molecular complexity index is 1270. The van der Waals surface area contributed by atoms with E-state index in [1.54, 1.807) is 36.4 Å². The van der Waals surface area contributed by atoms with Crippen LogP contribution in [0, 0.1) is 11.7 Å². The fourth-order valence-electron chi connectivity index (χ4n) is 5.11. The number of nitrogens with zero attached hydrogens (tertiary/aromatic N) is 4. The lowest BCUT2D eigenvalue weighted by molar-refractivity contribution is -0.121. The topological polar surface area (TPSA) is 39.2 Å². The number of benzene rings is 3. The highest BCUT2D eigenvalue weighted by molar-refractivity contribution is 6.30. The molecule has 5 nitrogen and oxygen atoms in total. The summed E-state index contributed by atoms with van der Waals surface area (Å²) < 4.78 is 13.8. The van der Waals surface area contributed by atoms with Gasteiger partial charge in [-0.05, 0) is 54.4 Å². The minimum atomic E-state index is -0.453. The summed E-state index contributed by atoms with van der Waals surface area (Å²) >= 11 is 6.05. The highest BCUT2D eigenvalue weighted by Crippen LogP contribution is 2.37. The first-order chi connectivity index (χ1) is 18.0. The molecule has 3 aromatic rings. The quantitative estimate of drug-likeness (QED) is 0.393. The number of carbonyl (C=O) groups excluding carboxylic acids is 1. The molecule has 0 N–H and O–H groups in total. The van der Waals surface area contributed by atoms with Crippen molar-refractivity contribution < 1.29 is 9.18 Å². The van der Waals surface area contributed by atoms with Gasteiger partial charge in [0.25, 0.3) is 5.91 Å². The lowest BCUT2D eigenvalue weighted by atomic mass is 9.87. The van der Waals surface area contributed by atoms with Crippen molar-refractivity contribution in [3.05, 3.63) is 107 Å². The number of piperazine rings is 1. The second-order valence-electron chi connectivity index (χ2n) is 9.49. The Morgan fingerprint density at radius 3 is 2.32 bits per heavy atom. The van der Waals surface area contributed by atoms with Crippen LogP contribution in [0.5, 0.6) is 0 Å². The Balaban J connectivity index is 1.33. The van der Waals surface area contributed by atoms with Gasteiger partial charge in [0.1, 0.15) is 5.82 Å². The number of halogens is 2. The largest absolute Gasteiger partial charge is 0.297 e. The van der Waals surface area contributed by atoms with Crippen molar-refractivity contribution in [2.24, 2.45) is 11.0 Å². The summed E-state index contributed by atoms with van der Waals surface area (Å²) in [6.07, 6.45) is 4.35. The lowest BCUT2D eigenvalue weighted by Gasteiger charge is -2.41. The molecular weight excluding hydrogens is 487 g/mol. The van der Waals surface area contributed by atoms with Gasteiger partial charge in [0.15, 0.2) is 0 Å². The van der Waals surface area contributed by atoms with Crippen molar-refractivity contribution >= 4 is 35.0 Å². The van der Waals surface area contributed by atoms with Crippen LogP contribution in [0.3, 0.4) is 0 Å². The lowest BCUT2D eigenvalue weighted by Crippen LogP contribution is -2.50. The van der Waals surface area contributed by atoms with E-state index < -0.39 is 5.92 Å². The van der Waals surface area contributed by atoms with Gasteiger partial charge in [-0.1, -0.05) is 66.2 Å². The van der Waals surface area contributed by atoms with Crippen LogP contribution < -0.4 is 5.01 Å². The maximum Gasteiger partial charge on any atom is 0.258 e. The third-order valence-corrected chi connectivity index (χ3v) is 7.31. The molecule has 0 aromatic heterocycles. The van der Waals surface area contributed by atoms with Gasteiger partial charge in [-0.25, -0.2) is 9.40 Å². The van der Waals surface area contributed by atoms with Gasteiger partial charge in [0, 0.05) is 37.7 Å². The second-order valence-corrected chi connectivity index (χ2v) is 9.93. The average Bonchev–Trinajstić information content (AvgIpc) is 3.21. The molecule has 2 atom stereocenters. The number of amides is 1. The maximum atomic E-state index is 13.8. The van der Waals surface area contributed by atoms with Crippen LogP contribution in [0.1, 0.15) is 24.1 Å². The fraction of sp³-hybridized carbons (Fsp3) is 0.267. The number of anilines is 1. The van der Waals surface area contributed by atoms with Crippen LogP contribution >= 0.6 is 11.6 Å². The monoisotopic (exact) mass is 516 g/mol. The van der Waals surface area contributed by atoms with Gasteiger partial charge in [0.2, 0.25) is 0 Å². The molecule has 2 unspecified atom stereocenters. The van der Waals surface area contributed by atoms with Gasteiger partial charge < -0.3 is 0 Å². The molecule has 1 saturated heterocycles. The predicted octanol–water partition coefficient (Wildman–Crippen LogP) is 5.89. The minimum Gasteiger partial charge on any atom is -0.297 e. The van der Waals surface area contributed by atoms with E-state index in [9.17, 15) is 9.18 Å². The zero-order valence-corrected chi connectivity index (χ0v) is 21.6. The van der Waals surface area contributed by atoms with Gasteiger partial charge >= 0.3 is 0 Å². The molecule has 0 radical (unpaired) electrons. The molecular formula is C30H30ClFN4O. The average molecular weight is 517 g/mol. The van der Waals surface area contributed by atoms with Gasteiger partial charge in [-0.15, -0.1) is 0 Å². The summed E-state index contributed by atoms with van der Waals surface area (Å²) in [6.45, 7) is 6.15. The Labute approximate surface area is 222 Å². The molecule has 0 spiro atoms. The van der Waals surface area contributed by atoms with Gasteiger partial charge in [-0.2, -0.15) is 5.10 Å². The number of rotatable bonds is 7. The van der Waals surface area contributed by atoms with Crippen LogP contribution in [0.4, 0.5) is 10.1 Å². The minimum absolute atomic E-state index is 0.0811. The molecule has 0 saturated carbocycles. The highest BCUT2D eigenvalue weighted by atomic mass is 35.5. The molecule has 7 heteroatoms. The van der Waals surface area contributed by atoms with E-state index in [1.165, 1.54) is 22.7 Å². The van der Waals surface area contributed by atoms with Crippen LogP contribution in [-0.2, 0) is 4.79 Å². The van der Waals surface area contributed by atoms with E-state index in [-0.39, 0.29) is 17.8 Å². The van der Waals surface area contributed by atoms with E-state index in [1.807, 2.05) is 25.1 Å². The SMILES string of the molecule is CC1=NN(c2ccc(Cl)cc2)C(=O)C1C(c1ccc(F)cc1)N1CCN(C/C=C/c2ccccc2)CC1. The summed E-state index contributed by atoms with van der Waals surface area (Å²) in [6, 6.07) is 23.7. The van der Waals surface area contributed by atoms with E-state index >= 15 is 0 Å². The normalized spacial score (nSPS) is 20.0. The maximum absolute atomic E-state index is 13.8. The molecule has 5 rings (SSSR count). The Hall–Kier alpha value is -3.32. The van der Waals surface area contributed by atoms with Crippen LogP contribution in [0.25, 0.3) is 6.08 Å². The molecule has 3 aromatic carbocycles. The number of carbonyl (C=O) groups is 1. The summed E-state index contributed by atoms with van der Waals surface area (Å²) in [4.78, 5) is 18.5. The molecule has 2 aliphatic rings. The Morgan fingerprint density at radius 2 is 1.65 bits per heavy atom. The van der Waals surface area contributed by atoms with Crippen molar-refractivity contribution in [2.45, 2.75) is 13.0 Å². The third-order valence-electron chi connectivity index (χ3n) is 7.05. The first-order valence-corrected chi connectivity index (χ1v) is 13.0. The van der Waals surface area contributed by atoms with Crippen LogP contribution in [0.2, 0.25) is 5.02 Å². The Morgan fingerprint density at radius 1 is 0.973 bits per heavy atom. The Kier molecular flexibility index (Phi) is 7.79. The first kappa shape index (κ1) is 25.3. The second kappa shape index (κ2) is 11.4. The first-order valence-electron chi connectivity index (χ1n) is 12.6. The molecule has 190 valence electrons. The summed E-state index contributed by atoms with van der Waals surface area (Å²) in [5.74, 6) is -0.823. The van der Waals surface area contributed by atoms with Crippen molar-refractivity contribution in [1.82, 2.24) is 9.80 Å². The summed E-state index contributed by atoms with van der Waals surface area (Å²) in [7, 11) is 0. The summed E-state index contributed by atoms with van der Waals surface area (Å²) in [5, 5.41) is 6.71. The smallest absolute Gasteiger partial charge is 0.258 e. The zero-order valence-electron chi connectivity index (χ0n) is 20.8. The van der Waals surface area contributed by atoms with E-state index in [0.717, 1.165) is 44.0 Å². The fourth-order valence-corrected chi connectivity index (χ4v) is 5.24. The molecule has 0 bridgehead atoms. The molecule has 0 aliphatic carbocycles. The van der Waals surface area contributed by atoms with E-state index in [4.69, 9.17) is 11.6 Å². The van der Waals surface area contributed by atoms with Crippen LogP contribution in [-0.4, -0.2) is 54.1 Å². The molecule has 2 aliphatic heterocycles. The summed E-state index contributed by atoms with van der Waals surface area (Å²) in [5.41, 5.74) is 3.55. The van der Waals surface area contributed by atoms with E-state index in [2.05, 4.69) is 39.2 Å². The number of hydrogen-bond acceptors (Lipinski definition) is 4. The standard InChI is InChI=1S/C30H30ClFN4O/c1-22-28(30(37)36(33-22)27-15-11-25(31)12-16-27)29(24-9-13-26(32)14-10-24)35-20-18-34(19-21-35)17-5-8-23-6-3-2-4-7-23/h2-16,28-29H,17-21H2,1H3/b8-5+. The van der Waals surface area contributed by atoms with E-state index in [0.29, 0.717) is 10.7 Å². The van der Waals surface area contributed by atoms with Crippen molar-refractivity contribution in [2.75, 3.05) is 37.7 Å². The van der Waals surface area contributed by atoms with Crippen molar-refractivity contribution in [3.63, 3.8) is 0 Å².